The fourth-order valence-corrected chi connectivity index (χ4v) is 8.49. The number of benzene rings is 7. The monoisotopic (exact) mass is 694 g/mol. The Morgan fingerprint density at radius 3 is 1.96 bits per heavy atom. The van der Waals surface area contributed by atoms with Gasteiger partial charge < -0.3 is 15.1 Å². The first-order valence-corrected chi connectivity index (χ1v) is 18.6. The molecule has 2 aliphatic heterocycles. The van der Waals surface area contributed by atoms with Gasteiger partial charge in [-0.25, -0.2) is 0 Å². The van der Waals surface area contributed by atoms with Gasteiger partial charge in [-0.1, -0.05) is 127 Å². The molecule has 0 fully saturated rings. The zero-order valence-electron chi connectivity index (χ0n) is 30.0. The van der Waals surface area contributed by atoms with Gasteiger partial charge in [0.25, 0.3) is 0 Å². The van der Waals surface area contributed by atoms with Crippen LogP contribution in [0.25, 0.3) is 54.9 Å². The standard InChI is InChI=1S/C50H38N4/c1-53-49-47(26-28-52-48(49)35-13-4-2-5-14-35)54(42-17-6-3-7-18-42)50(53)36-24-22-34(23-25-36)39-29-40(38-16-12-27-51-33-38)31-41(30-39)46-32-37-15-8-9-19-43(37)44-20-10-11-21-45(44)46/h2-33,48,50,52H,1H3. The Kier molecular flexibility index (Phi) is 7.80. The number of aromatic nitrogens is 1. The zero-order valence-corrected chi connectivity index (χ0v) is 30.0. The number of rotatable bonds is 6. The van der Waals surface area contributed by atoms with Crippen molar-refractivity contribution in [1.82, 2.24) is 15.2 Å². The number of likely N-dealkylation sites (N-methyl/N-ethyl adjacent to an activating group) is 1. The molecule has 3 heterocycles. The molecule has 7 aromatic carbocycles. The van der Waals surface area contributed by atoms with Crippen LogP contribution in [-0.4, -0.2) is 16.9 Å². The van der Waals surface area contributed by atoms with Gasteiger partial charge >= 0.3 is 0 Å². The molecule has 1 aromatic heterocycles. The van der Waals surface area contributed by atoms with Gasteiger partial charge in [0.15, 0.2) is 0 Å². The van der Waals surface area contributed by atoms with Crippen molar-refractivity contribution in [3.63, 3.8) is 0 Å². The van der Waals surface area contributed by atoms with E-state index < -0.39 is 0 Å². The summed E-state index contributed by atoms with van der Waals surface area (Å²) in [5, 5.41) is 8.69. The number of nitrogens with one attached hydrogen (secondary N) is 1. The predicted octanol–water partition coefficient (Wildman–Crippen LogP) is 11.9. The molecule has 0 saturated carbocycles. The maximum Gasteiger partial charge on any atom is 0.132 e. The van der Waals surface area contributed by atoms with Crippen LogP contribution in [0, 0.1) is 0 Å². The van der Waals surface area contributed by atoms with Crippen LogP contribution in [-0.2, 0) is 0 Å². The number of pyridine rings is 1. The van der Waals surface area contributed by atoms with Gasteiger partial charge in [0.1, 0.15) is 6.17 Å². The van der Waals surface area contributed by atoms with E-state index in [4.69, 9.17) is 0 Å². The minimum atomic E-state index is -0.0246. The molecule has 258 valence electrons. The van der Waals surface area contributed by atoms with Crippen molar-refractivity contribution in [2.24, 2.45) is 0 Å². The summed E-state index contributed by atoms with van der Waals surface area (Å²) < 4.78 is 0. The summed E-state index contributed by atoms with van der Waals surface area (Å²) in [6.07, 6.45) is 8.08. The molecule has 0 amide bonds. The number of allylic oxidation sites excluding steroid dienone is 1. The first-order valence-electron chi connectivity index (χ1n) is 18.6. The molecule has 0 bridgehead atoms. The van der Waals surface area contributed by atoms with E-state index in [1.165, 1.54) is 72.0 Å². The molecule has 4 heteroatoms. The largest absolute Gasteiger partial charge is 0.379 e. The molecule has 4 nitrogen and oxygen atoms in total. The number of anilines is 1. The number of nitrogens with zero attached hydrogens (tertiary/aromatic N) is 3. The van der Waals surface area contributed by atoms with Crippen LogP contribution in [0.4, 0.5) is 5.69 Å². The number of para-hydroxylation sites is 1. The first kappa shape index (κ1) is 31.8. The lowest BCUT2D eigenvalue weighted by Gasteiger charge is -2.33. The smallest absolute Gasteiger partial charge is 0.132 e. The number of hydrogen-bond acceptors (Lipinski definition) is 4. The number of fused-ring (bicyclic) bond motifs is 3. The third-order valence-electron chi connectivity index (χ3n) is 11.0. The second-order valence-electron chi connectivity index (χ2n) is 14.2. The zero-order chi connectivity index (χ0) is 36.0. The second-order valence-corrected chi connectivity index (χ2v) is 14.2. The summed E-state index contributed by atoms with van der Waals surface area (Å²) in [4.78, 5) is 9.40. The van der Waals surface area contributed by atoms with Crippen LogP contribution < -0.4 is 10.2 Å². The van der Waals surface area contributed by atoms with Gasteiger partial charge in [-0.2, -0.15) is 0 Å². The SMILES string of the molecule is CN1C2=C(C=CNC2c2ccccc2)N(c2ccccc2)C1c1ccc(-c2cc(-c3cccnc3)cc(-c3cc4ccccc4c4ccccc34)c2)cc1. The Morgan fingerprint density at radius 1 is 0.537 bits per heavy atom. The van der Waals surface area contributed by atoms with E-state index in [1.54, 1.807) is 0 Å². The van der Waals surface area contributed by atoms with Crippen molar-refractivity contribution < 1.29 is 0 Å². The summed E-state index contributed by atoms with van der Waals surface area (Å²) in [6, 6.07) is 61.7. The van der Waals surface area contributed by atoms with Crippen LogP contribution in [0.3, 0.4) is 0 Å². The molecule has 1 N–H and O–H groups in total. The van der Waals surface area contributed by atoms with E-state index in [0.29, 0.717) is 0 Å². The summed E-state index contributed by atoms with van der Waals surface area (Å²) in [5.41, 5.74) is 13.1. The molecule has 0 radical (unpaired) electrons. The van der Waals surface area contributed by atoms with Crippen molar-refractivity contribution >= 4 is 27.2 Å². The summed E-state index contributed by atoms with van der Waals surface area (Å²) in [6.45, 7) is 0. The third-order valence-corrected chi connectivity index (χ3v) is 11.0. The Labute approximate surface area is 316 Å². The number of dihydropyridines is 1. The summed E-state index contributed by atoms with van der Waals surface area (Å²) in [7, 11) is 2.23. The Hall–Kier alpha value is -6.91. The van der Waals surface area contributed by atoms with E-state index in [0.717, 1.165) is 11.1 Å². The van der Waals surface area contributed by atoms with Gasteiger partial charge in [0.2, 0.25) is 0 Å². The fourth-order valence-electron chi connectivity index (χ4n) is 8.49. The second kappa shape index (κ2) is 13.3. The van der Waals surface area contributed by atoms with Crippen molar-refractivity contribution in [2.45, 2.75) is 12.2 Å². The minimum absolute atomic E-state index is 0.0246. The first-order chi connectivity index (χ1) is 26.7. The molecule has 0 aliphatic carbocycles. The fraction of sp³-hybridized carbons (Fsp3) is 0.0600. The normalized spacial score (nSPS) is 16.5. The van der Waals surface area contributed by atoms with Gasteiger partial charge in [0.05, 0.1) is 17.4 Å². The molecule has 0 spiro atoms. The van der Waals surface area contributed by atoms with E-state index in [-0.39, 0.29) is 12.2 Å². The number of hydrogen-bond donors (Lipinski definition) is 1. The maximum atomic E-state index is 4.48. The van der Waals surface area contributed by atoms with Gasteiger partial charge in [0, 0.05) is 30.7 Å². The summed E-state index contributed by atoms with van der Waals surface area (Å²) in [5.74, 6) is 0. The van der Waals surface area contributed by atoms with E-state index in [2.05, 4.69) is 203 Å². The van der Waals surface area contributed by atoms with Crippen molar-refractivity contribution in [1.29, 1.82) is 0 Å². The molecule has 10 rings (SSSR count). The maximum absolute atomic E-state index is 4.48. The Bertz CT molecular complexity index is 2700. The van der Waals surface area contributed by atoms with Gasteiger partial charge in [-0.05, 0) is 115 Å². The van der Waals surface area contributed by atoms with Gasteiger partial charge in [-0.15, -0.1) is 0 Å². The van der Waals surface area contributed by atoms with Crippen LogP contribution in [0.5, 0.6) is 0 Å². The third kappa shape index (κ3) is 5.43. The molecular weight excluding hydrogens is 657 g/mol. The van der Waals surface area contributed by atoms with Crippen LogP contribution in [0.1, 0.15) is 23.3 Å². The van der Waals surface area contributed by atoms with E-state index in [1.807, 2.05) is 18.5 Å². The van der Waals surface area contributed by atoms with Crippen molar-refractivity contribution in [2.75, 3.05) is 11.9 Å². The van der Waals surface area contributed by atoms with Crippen molar-refractivity contribution in [3.05, 3.63) is 217 Å². The highest BCUT2D eigenvalue weighted by atomic mass is 15.4. The molecule has 2 atom stereocenters. The lowest BCUT2D eigenvalue weighted by Crippen LogP contribution is -2.32. The summed E-state index contributed by atoms with van der Waals surface area (Å²) >= 11 is 0. The highest BCUT2D eigenvalue weighted by Crippen LogP contribution is 2.48. The van der Waals surface area contributed by atoms with Gasteiger partial charge in [-0.3, -0.25) is 4.98 Å². The van der Waals surface area contributed by atoms with Crippen LogP contribution in [0.2, 0.25) is 0 Å². The highest BCUT2D eigenvalue weighted by molar-refractivity contribution is 6.14. The molecular formula is C50H38N4. The minimum Gasteiger partial charge on any atom is -0.379 e. The average molecular weight is 695 g/mol. The van der Waals surface area contributed by atoms with Crippen LogP contribution in [0.15, 0.2) is 206 Å². The highest BCUT2D eigenvalue weighted by Gasteiger charge is 2.41. The van der Waals surface area contributed by atoms with E-state index >= 15 is 0 Å². The molecule has 2 aliphatic rings. The lowest BCUT2D eigenvalue weighted by molar-refractivity contribution is 0.318. The molecule has 0 saturated heterocycles. The topological polar surface area (TPSA) is 31.4 Å². The molecule has 54 heavy (non-hydrogen) atoms. The van der Waals surface area contributed by atoms with Crippen molar-refractivity contribution in [3.8, 4) is 33.4 Å². The lowest BCUT2D eigenvalue weighted by atomic mass is 9.89. The Balaban J connectivity index is 1.09. The molecule has 2 unspecified atom stereocenters. The molecule has 8 aromatic rings. The van der Waals surface area contributed by atoms with Crippen LogP contribution >= 0.6 is 0 Å². The predicted molar refractivity (Wildman–Crippen MR) is 223 cm³/mol. The quantitative estimate of drug-likeness (QED) is 0.176. The Morgan fingerprint density at radius 2 is 1.20 bits per heavy atom. The average Bonchev–Trinajstić information content (AvgIpc) is 3.56. The van der Waals surface area contributed by atoms with E-state index in [9.17, 15) is 0 Å².